The molecule has 23 heavy (non-hydrogen) atoms. The lowest BCUT2D eigenvalue weighted by molar-refractivity contribution is -0.159. The lowest BCUT2D eigenvalue weighted by atomic mass is 10.1. The van der Waals surface area contributed by atoms with E-state index in [1.54, 1.807) is 0 Å². The second-order valence-corrected chi connectivity index (χ2v) is 4.87. The zero-order chi connectivity index (χ0) is 17.1. The predicted molar refractivity (Wildman–Crippen MR) is 88.1 cm³/mol. The van der Waals surface area contributed by atoms with Crippen molar-refractivity contribution in [1.29, 1.82) is 0 Å². The Morgan fingerprint density at radius 2 is 1.22 bits per heavy atom. The van der Waals surface area contributed by atoms with Gasteiger partial charge in [-0.05, 0) is 23.1 Å². The second kappa shape index (κ2) is 10.1. The molecule has 0 aliphatic rings. The van der Waals surface area contributed by atoms with Gasteiger partial charge in [-0.3, -0.25) is 0 Å². The van der Waals surface area contributed by atoms with Crippen molar-refractivity contribution < 1.29 is 19.8 Å². The molecule has 0 aromatic heterocycles. The van der Waals surface area contributed by atoms with E-state index >= 15 is 0 Å². The summed E-state index contributed by atoms with van der Waals surface area (Å²) < 4.78 is 0. The average Bonchev–Trinajstić information content (AvgIpc) is 2.57. The van der Waals surface area contributed by atoms with Crippen molar-refractivity contribution in [2.75, 3.05) is 0 Å². The molecule has 0 atom stereocenters. The van der Waals surface area contributed by atoms with Crippen molar-refractivity contribution in [2.24, 2.45) is 0 Å². The van der Waals surface area contributed by atoms with Gasteiger partial charge in [-0.2, -0.15) is 0 Å². The Balaban J connectivity index is 0.000000379. The number of carboxylic acid groups (broad SMARTS) is 2. The highest BCUT2D eigenvalue weighted by Crippen LogP contribution is 2.05. The summed E-state index contributed by atoms with van der Waals surface area (Å²) in [4.78, 5) is 18.2. The summed E-state index contributed by atoms with van der Waals surface area (Å²) in [6.07, 6.45) is 1.11. The van der Waals surface area contributed by atoms with Crippen LogP contribution in [0.15, 0.2) is 54.6 Å². The molecule has 2 rings (SSSR count). The monoisotopic (exact) mass is 315 g/mol. The summed E-state index contributed by atoms with van der Waals surface area (Å²) in [6, 6.07) is 19.3. The van der Waals surface area contributed by atoms with Gasteiger partial charge in [0.15, 0.2) is 0 Å². The van der Waals surface area contributed by atoms with Gasteiger partial charge in [-0.25, -0.2) is 9.59 Å². The minimum absolute atomic E-state index is 0.927. The van der Waals surface area contributed by atoms with Gasteiger partial charge in [-0.15, -0.1) is 0 Å². The molecule has 5 heteroatoms. The van der Waals surface area contributed by atoms with E-state index in [9.17, 15) is 0 Å². The van der Waals surface area contributed by atoms with Crippen LogP contribution in [0, 0.1) is 0 Å². The first-order valence-corrected chi connectivity index (χ1v) is 7.31. The van der Waals surface area contributed by atoms with Crippen LogP contribution < -0.4 is 5.32 Å². The van der Waals surface area contributed by atoms with Crippen LogP contribution in [0.2, 0.25) is 0 Å². The Kier molecular flexibility index (Phi) is 8.10. The number of hydrogen-bond donors (Lipinski definition) is 3. The van der Waals surface area contributed by atoms with Crippen LogP contribution in [-0.4, -0.2) is 22.2 Å². The van der Waals surface area contributed by atoms with Crippen LogP contribution in [0.1, 0.15) is 23.6 Å². The van der Waals surface area contributed by atoms with Gasteiger partial charge in [0.2, 0.25) is 0 Å². The molecule has 0 unspecified atom stereocenters. The van der Waals surface area contributed by atoms with E-state index in [1.165, 1.54) is 16.7 Å². The fraction of sp³-hybridized carbons (Fsp3) is 0.222. The van der Waals surface area contributed by atoms with Crippen molar-refractivity contribution in [3.05, 3.63) is 71.3 Å². The van der Waals surface area contributed by atoms with Crippen molar-refractivity contribution >= 4 is 11.9 Å². The number of nitrogens with one attached hydrogen (secondary N) is 1. The Morgan fingerprint density at radius 3 is 1.65 bits per heavy atom. The van der Waals surface area contributed by atoms with Gasteiger partial charge >= 0.3 is 11.9 Å². The third kappa shape index (κ3) is 7.78. The highest BCUT2D eigenvalue weighted by Gasteiger charge is 2.04. The van der Waals surface area contributed by atoms with Crippen molar-refractivity contribution in [1.82, 2.24) is 5.32 Å². The Labute approximate surface area is 135 Å². The smallest absolute Gasteiger partial charge is 0.414 e. The highest BCUT2D eigenvalue weighted by atomic mass is 16.4. The minimum Gasteiger partial charge on any atom is -0.473 e. The molecular formula is C18H21NO4. The van der Waals surface area contributed by atoms with E-state index in [-0.39, 0.29) is 0 Å². The second-order valence-electron chi connectivity index (χ2n) is 4.87. The van der Waals surface area contributed by atoms with E-state index in [0.717, 1.165) is 19.5 Å². The maximum atomic E-state index is 9.10. The number of rotatable bonds is 5. The molecule has 5 nitrogen and oxygen atoms in total. The molecule has 0 bridgehead atoms. The summed E-state index contributed by atoms with van der Waals surface area (Å²) >= 11 is 0. The van der Waals surface area contributed by atoms with Gasteiger partial charge in [0.1, 0.15) is 0 Å². The molecule has 0 fully saturated rings. The Bertz CT molecular complexity index is 597. The number of benzene rings is 2. The topological polar surface area (TPSA) is 86.6 Å². The molecule has 0 spiro atoms. The molecule has 0 aliphatic carbocycles. The molecule has 0 saturated heterocycles. The molecule has 3 N–H and O–H groups in total. The van der Waals surface area contributed by atoms with Crippen LogP contribution in [-0.2, 0) is 29.1 Å². The van der Waals surface area contributed by atoms with Gasteiger partial charge in [0, 0.05) is 13.1 Å². The zero-order valence-corrected chi connectivity index (χ0v) is 13.0. The van der Waals surface area contributed by atoms with Gasteiger partial charge < -0.3 is 15.5 Å². The first-order valence-electron chi connectivity index (χ1n) is 7.31. The zero-order valence-electron chi connectivity index (χ0n) is 13.0. The number of carboxylic acids is 2. The lowest BCUT2D eigenvalue weighted by Crippen LogP contribution is -2.12. The molecule has 122 valence electrons. The van der Waals surface area contributed by atoms with Gasteiger partial charge in [-0.1, -0.05) is 61.5 Å². The fourth-order valence-corrected chi connectivity index (χ4v) is 1.84. The summed E-state index contributed by atoms with van der Waals surface area (Å²) in [6.45, 7) is 4.04. The molecule has 0 radical (unpaired) electrons. The normalized spacial score (nSPS) is 9.61. The summed E-state index contributed by atoms with van der Waals surface area (Å²) in [5, 5.41) is 18.2. The van der Waals surface area contributed by atoms with E-state index in [2.05, 4.69) is 60.8 Å². The van der Waals surface area contributed by atoms with Crippen LogP contribution in [0.3, 0.4) is 0 Å². The predicted octanol–water partition coefficient (Wildman–Crippen LogP) is 2.69. The van der Waals surface area contributed by atoms with E-state index < -0.39 is 11.9 Å². The quantitative estimate of drug-likeness (QED) is 0.739. The lowest BCUT2D eigenvalue weighted by Gasteiger charge is -2.05. The van der Waals surface area contributed by atoms with Crippen LogP contribution in [0.4, 0.5) is 0 Å². The highest BCUT2D eigenvalue weighted by molar-refractivity contribution is 6.27. The van der Waals surface area contributed by atoms with Crippen molar-refractivity contribution in [3.63, 3.8) is 0 Å². The first-order chi connectivity index (χ1) is 11.0. The van der Waals surface area contributed by atoms with Crippen LogP contribution in [0.5, 0.6) is 0 Å². The number of hydrogen-bond acceptors (Lipinski definition) is 3. The average molecular weight is 315 g/mol. The molecule has 0 aliphatic heterocycles. The summed E-state index contributed by atoms with van der Waals surface area (Å²) in [5.41, 5.74) is 4.08. The fourth-order valence-electron chi connectivity index (χ4n) is 1.84. The maximum absolute atomic E-state index is 9.10. The summed E-state index contributed by atoms with van der Waals surface area (Å²) in [5.74, 6) is -3.65. The number of aliphatic carboxylic acids is 2. The Morgan fingerprint density at radius 1 is 0.783 bits per heavy atom. The first kappa shape index (κ1) is 18.4. The number of carbonyl (C=O) groups is 2. The molecule has 2 aromatic carbocycles. The largest absolute Gasteiger partial charge is 0.473 e. The van der Waals surface area contributed by atoms with Crippen LogP contribution in [0.25, 0.3) is 0 Å². The standard InChI is InChI=1S/C16H19N.C2H2O4/c1-2-14-8-10-16(11-9-14)13-17-12-15-6-4-3-5-7-15;3-1(4)2(5)6/h3-11,17H,2,12-13H2,1H3;(H,3,4)(H,5,6). The summed E-state index contributed by atoms with van der Waals surface area (Å²) in [7, 11) is 0. The van der Waals surface area contributed by atoms with Crippen LogP contribution >= 0.6 is 0 Å². The van der Waals surface area contributed by atoms with Crippen molar-refractivity contribution in [3.8, 4) is 0 Å². The maximum Gasteiger partial charge on any atom is 0.414 e. The Hall–Kier alpha value is -2.66. The molecule has 0 heterocycles. The van der Waals surface area contributed by atoms with E-state index in [0.29, 0.717) is 0 Å². The molecule has 0 saturated carbocycles. The third-order valence-corrected chi connectivity index (χ3v) is 3.12. The van der Waals surface area contributed by atoms with Crippen molar-refractivity contribution in [2.45, 2.75) is 26.4 Å². The SMILES string of the molecule is CCc1ccc(CNCc2ccccc2)cc1.O=C(O)C(=O)O. The number of aryl methyl sites for hydroxylation is 1. The van der Waals surface area contributed by atoms with E-state index in [1.807, 2.05) is 6.07 Å². The molecular weight excluding hydrogens is 294 g/mol. The molecule has 2 aromatic rings. The van der Waals surface area contributed by atoms with Gasteiger partial charge in [0.25, 0.3) is 0 Å². The van der Waals surface area contributed by atoms with E-state index in [4.69, 9.17) is 19.8 Å². The van der Waals surface area contributed by atoms with Gasteiger partial charge in [0.05, 0.1) is 0 Å². The minimum atomic E-state index is -1.82. The third-order valence-electron chi connectivity index (χ3n) is 3.12. The molecule has 0 amide bonds.